The van der Waals surface area contributed by atoms with Gasteiger partial charge in [0.25, 0.3) is 0 Å². The van der Waals surface area contributed by atoms with Crippen molar-refractivity contribution in [2.45, 2.75) is 12.6 Å². The van der Waals surface area contributed by atoms with Crippen molar-refractivity contribution < 1.29 is 5.11 Å². The van der Waals surface area contributed by atoms with Crippen LogP contribution in [0, 0.1) is 17.2 Å². The Morgan fingerprint density at radius 2 is 1.94 bits per heavy atom. The summed E-state index contributed by atoms with van der Waals surface area (Å²) < 4.78 is 4.30. The Kier molecular flexibility index (Phi) is 5.17. The van der Waals surface area contributed by atoms with E-state index in [1.807, 2.05) is 50.8 Å². The number of aromatic nitrogens is 4. The predicted molar refractivity (Wildman–Crippen MR) is 134 cm³/mol. The van der Waals surface area contributed by atoms with E-state index < -0.39 is 0 Å². The Morgan fingerprint density at radius 3 is 2.71 bits per heavy atom. The van der Waals surface area contributed by atoms with Crippen LogP contribution >= 0.6 is 0 Å². The largest absolute Gasteiger partial charge is 0.391 e. The van der Waals surface area contributed by atoms with Crippen LogP contribution in [0.15, 0.2) is 61.1 Å². The lowest BCUT2D eigenvalue weighted by atomic mass is 10.1. The van der Waals surface area contributed by atoms with Gasteiger partial charge in [-0.15, -0.1) is 0 Å². The number of imidazole rings is 1. The molecular formula is C27H27N7O. The molecule has 5 heterocycles. The molecule has 1 saturated heterocycles. The van der Waals surface area contributed by atoms with E-state index >= 15 is 0 Å². The smallest absolute Gasteiger partial charge is 0.161 e. The average molecular weight is 466 g/mol. The first kappa shape index (κ1) is 21.6. The highest BCUT2D eigenvalue weighted by Gasteiger charge is 2.33. The van der Waals surface area contributed by atoms with Crippen LogP contribution in [0.1, 0.15) is 11.3 Å². The zero-order chi connectivity index (χ0) is 24.1. The second-order valence-electron chi connectivity index (χ2n) is 9.68. The Hall–Kier alpha value is -3.93. The number of pyridine rings is 1. The third-order valence-corrected chi connectivity index (χ3v) is 6.96. The van der Waals surface area contributed by atoms with E-state index in [1.165, 1.54) is 0 Å². The number of hydrogen-bond donors (Lipinski definition) is 1. The molecule has 2 aliphatic rings. The van der Waals surface area contributed by atoms with Crippen LogP contribution in [-0.4, -0.2) is 68.9 Å². The van der Waals surface area contributed by atoms with Gasteiger partial charge in [0.1, 0.15) is 5.82 Å². The number of hydrogen-bond acceptors (Lipinski definition) is 6. The van der Waals surface area contributed by atoms with E-state index in [0.29, 0.717) is 18.7 Å². The fraction of sp³-hybridized carbons (Fsp3) is 0.296. The molecule has 1 N–H and O–H groups in total. The minimum absolute atomic E-state index is 0.205. The first-order valence-electron chi connectivity index (χ1n) is 11.8. The van der Waals surface area contributed by atoms with E-state index in [2.05, 4.69) is 54.4 Å². The lowest BCUT2D eigenvalue weighted by Crippen LogP contribution is -2.29. The lowest BCUT2D eigenvalue weighted by molar-refractivity contribution is 0.130. The van der Waals surface area contributed by atoms with E-state index in [1.54, 1.807) is 0 Å². The van der Waals surface area contributed by atoms with Crippen LogP contribution in [-0.2, 0) is 6.54 Å². The number of aliphatic hydroxyl groups is 1. The van der Waals surface area contributed by atoms with Gasteiger partial charge in [-0.1, -0.05) is 12.1 Å². The molecule has 0 saturated carbocycles. The summed E-state index contributed by atoms with van der Waals surface area (Å²) in [5.41, 5.74) is 5.80. The maximum Gasteiger partial charge on any atom is 0.161 e. The average Bonchev–Trinajstić information content (AvgIpc) is 3.56. The molecule has 8 heteroatoms. The first-order valence-corrected chi connectivity index (χ1v) is 11.8. The lowest BCUT2D eigenvalue weighted by Gasteiger charge is -2.20. The molecule has 6 rings (SSSR count). The maximum absolute atomic E-state index is 10.6. The molecule has 0 radical (unpaired) electrons. The number of aliphatic hydroxyl groups excluding tert-OH is 1. The summed E-state index contributed by atoms with van der Waals surface area (Å²) in [7, 11) is 4.08. The van der Waals surface area contributed by atoms with Crippen molar-refractivity contribution in [3.05, 3.63) is 72.3 Å². The molecule has 0 bridgehead atoms. The van der Waals surface area contributed by atoms with Gasteiger partial charge < -0.3 is 19.5 Å². The third kappa shape index (κ3) is 3.79. The van der Waals surface area contributed by atoms with E-state index in [9.17, 15) is 5.11 Å². The Balaban J connectivity index is 1.36. The van der Waals surface area contributed by atoms with Gasteiger partial charge in [0.2, 0.25) is 0 Å². The monoisotopic (exact) mass is 465 g/mol. The van der Waals surface area contributed by atoms with Crippen LogP contribution in [0.25, 0.3) is 28.3 Å². The van der Waals surface area contributed by atoms with Crippen molar-refractivity contribution >= 4 is 5.82 Å². The summed E-state index contributed by atoms with van der Waals surface area (Å²) in [4.78, 5) is 14.1. The summed E-state index contributed by atoms with van der Waals surface area (Å²) in [5.74, 6) is 1.98. The van der Waals surface area contributed by atoms with Crippen molar-refractivity contribution in [2.75, 3.05) is 38.6 Å². The normalized spacial score (nSPS) is 18.7. The molecule has 2 aliphatic heterocycles. The number of nitriles is 1. The fourth-order valence-corrected chi connectivity index (χ4v) is 5.26. The standard InChI is InChI=1S/C27H27N7O/c1-31(2)13-21-15-33(17-25(21)35)26-8-7-23-22(30-26)16-32-14-20(19-5-3-18(12-28)4-6-19)11-24(32)27-29-9-10-34(23)27/h3-11,14,21,25,35H,13,15-17H2,1-2H3/t21-,25+/m1/s1. The Labute approximate surface area is 204 Å². The molecule has 1 fully saturated rings. The highest BCUT2D eigenvalue weighted by Crippen LogP contribution is 2.34. The van der Waals surface area contributed by atoms with E-state index in [4.69, 9.17) is 10.2 Å². The van der Waals surface area contributed by atoms with Gasteiger partial charge in [-0.05, 0) is 50.0 Å². The Morgan fingerprint density at radius 1 is 1.11 bits per heavy atom. The van der Waals surface area contributed by atoms with Gasteiger partial charge in [-0.3, -0.25) is 4.57 Å². The van der Waals surface area contributed by atoms with Crippen LogP contribution in [0.3, 0.4) is 0 Å². The Bertz CT molecular complexity index is 1430. The molecule has 0 unspecified atom stereocenters. The molecule has 35 heavy (non-hydrogen) atoms. The summed E-state index contributed by atoms with van der Waals surface area (Å²) in [6.45, 7) is 2.86. The van der Waals surface area contributed by atoms with Crippen molar-refractivity contribution in [1.29, 1.82) is 5.26 Å². The molecular weight excluding hydrogens is 438 g/mol. The molecule has 4 aromatic rings. The zero-order valence-corrected chi connectivity index (χ0v) is 19.8. The second-order valence-corrected chi connectivity index (χ2v) is 9.68. The van der Waals surface area contributed by atoms with Gasteiger partial charge in [0.15, 0.2) is 5.82 Å². The second kappa shape index (κ2) is 8.38. The van der Waals surface area contributed by atoms with Gasteiger partial charge in [0, 0.05) is 49.7 Å². The SMILES string of the molecule is CN(C)C[C@@H]1CN(c2ccc3c(n2)Cn2cc(-c4ccc(C#N)cc4)cc2-c2nccn2-3)C[C@@H]1O. The minimum atomic E-state index is -0.357. The van der Waals surface area contributed by atoms with Crippen molar-refractivity contribution in [3.63, 3.8) is 0 Å². The maximum atomic E-state index is 10.6. The van der Waals surface area contributed by atoms with Crippen molar-refractivity contribution in [3.8, 4) is 34.4 Å². The summed E-state index contributed by atoms with van der Waals surface area (Å²) in [5, 5.41) is 19.7. The molecule has 0 amide bonds. The van der Waals surface area contributed by atoms with Crippen LogP contribution in [0.4, 0.5) is 5.82 Å². The molecule has 176 valence electrons. The highest BCUT2D eigenvalue weighted by atomic mass is 16.3. The van der Waals surface area contributed by atoms with Gasteiger partial charge >= 0.3 is 0 Å². The summed E-state index contributed by atoms with van der Waals surface area (Å²) >= 11 is 0. The molecule has 2 atom stereocenters. The zero-order valence-electron chi connectivity index (χ0n) is 19.8. The van der Waals surface area contributed by atoms with Crippen molar-refractivity contribution in [2.24, 2.45) is 5.92 Å². The number of rotatable bonds is 4. The molecule has 8 nitrogen and oxygen atoms in total. The van der Waals surface area contributed by atoms with Gasteiger partial charge in [0.05, 0.1) is 41.4 Å². The molecule has 0 spiro atoms. The van der Waals surface area contributed by atoms with Gasteiger partial charge in [-0.2, -0.15) is 5.26 Å². The third-order valence-electron chi connectivity index (χ3n) is 6.96. The number of β-amino-alcohol motifs (C(OH)–C–C–N with tert-alkyl or cyclic N) is 1. The molecule has 0 aliphatic carbocycles. The highest BCUT2D eigenvalue weighted by molar-refractivity contribution is 5.72. The fourth-order valence-electron chi connectivity index (χ4n) is 5.26. The van der Waals surface area contributed by atoms with Crippen molar-refractivity contribution in [1.82, 2.24) is 24.0 Å². The molecule has 1 aromatic carbocycles. The number of anilines is 1. The number of nitrogens with zero attached hydrogens (tertiary/aromatic N) is 7. The number of benzene rings is 1. The number of fused-ring (bicyclic) bond motifs is 5. The minimum Gasteiger partial charge on any atom is -0.391 e. The quantitative estimate of drug-likeness (QED) is 0.439. The summed E-state index contributed by atoms with van der Waals surface area (Å²) in [6, 6.07) is 16.1. The topological polar surface area (TPSA) is 86.1 Å². The van der Waals surface area contributed by atoms with Crippen LogP contribution < -0.4 is 4.90 Å². The summed E-state index contributed by atoms with van der Waals surface area (Å²) in [6.07, 6.45) is 5.57. The van der Waals surface area contributed by atoms with Crippen LogP contribution in [0.5, 0.6) is 0 Å². The van der Waals surface area contributed by atoms with Crippen LogP contribution in [0.2, 0.25) is 0 Å². The van der Waals surface area contributed by atoms with E-state index in [0.717, 1.165) is 52.9 Å². The van der Waals surface area contributed by atoms with E-state index in [-0.39, 0.29) is 12.0 Å². The molecule has 3 aromatic heterocycles. The van der Waals surface area contributed by atoms with Gasteiger partial charge in [-0.25, -0.2) is 9.97 Å². The first-order chi connectivity index (χ1) is 17.0. The predicted octanol–water partition coefficient (Wildman–Crippen LogP) is 2.99.